The van der Waals surface area contributed by atoms with Gasteiger partial charge in [0.05, 0.1) is 0 Å². The molecule has 0 fully saturated rings. The highest BCUT2D eigenvalue weighted by molar-refractivity contribution is 5.98. The quantitative estimate of drug-likeness (QED) is 0.397. The summed E-state index contributed by atoms with van der Waals surface area (Å²) < 4.78 is 0. The monoisotopic (exact) mass is 189 g/mol. The van der Waals surface area contributed by atoms with Crippen molar-refractivity contribution in [3.63, 3.8) is 0 Å². The Morgan fingerprint density at radius 1 is 1.21 bits per heavy atom. The molecule has 74 valence electrons. The summed E-state index contributed by atoms with van der Waals surface area (Å²) in [5.74, 6) is 0.819. The zero-order valence-electron chi connectivity index (χ0n) is 8.86. The van der Waals surface area contributed by atoms with Crippen LogP contribution in [0.15, 0.2) is 34.5 Å². The Kier molecular flexibility index (Phi) is 3.40. The van der Waals surface area contributed by atoms with Gasteiger partial charge in [-0.25, -0.2) is 0 Å². The van der Waals surface area contributed by atoms with Gasteiger partial charge < -0.3 is 4.90 Å². The molecular weight excluding hydrogens is 174 g/mol. The molecule has 1 aromatic rings. The van der Waals surface area contributed by atoms with Crippen LogP contribution in [0.5, 0.6) is 0 Å². The van der Waals surface area contributed by atoms with Crippen molar-refractivity contribution in [2.24, 2.45) is 10.2 Å². The summed E-state index contributed by atoms with van der Waals surface area (Å²) in [5.41, 5.74) is 2.28. The van der Waals surface area contributed by atoms with Crippen LogP contribution in [0.2, 0.25) is 0 Å². The molecule has 0 heterocycles. The van der Waals surface area contributed by atoms with Crippen LogP contribution in [0.3, 0.4) is 0 Å². The molecular formula is C11H15N3. The summed E-state index contributed by atoms with van der Waals surface area (Å²) in [6, 6.07) is 8.16. The molecule has 0 aliphatic carbocycles. The molecule has 0 radical (unpaired) electrons. The number of nitrogens with zero attached hydrogens (tertiary/aromatic N) is 3. The molecule has 0 amide bonds. The first kappa shape index (κ1) is 10.4. The molecule has 0 atom stereocenters. The molecule has 0 aliphatic rings. The first-order chi connectivity index (χ1) is 6.65. The van der Waals surface area contributed by atoms with Gasteiger partial charge in [-0.2, -0.15) is 5.10 Å². The van der Waals surface area contributed by atoms with Crippen molar-refractivity contribution in [2.75, 3.05) is 14.1 Å². The minimum Gasteiger partial charge on any atom is -0.361 e. The number of amidine groups is 1. The van der Waals surface area contributed by atoms with Gasteiger partial charge >= 0.3 is 0 Å². The number of aryl methyl sites for hydroxylation is 1. The third-order valence-electron chi connectivity index (χ3n) is 1.90. The topological polar surface area (TPSA) is 28.0 Å². The molecule has 0 unspecified atom stereocenters. The van der Waals surface area contributed by atoms with E-state index in [9.17, 15) is 0 Å². The minimum atomic E-state index is 0.819. The Labute approximate surface area is 84.8 Å². The minimum absolute atomic E-state index is 0.819. The van der Waals surface area contributed by atoms with Crippen molar-refractivity contribution in [3.05, 3.63) is 35.4 Å². The summed E-state index contributed by atoms with van der Waals surface area (Å²) >= 11 is 0. The predicted octanol–water partition coefficient (Wildman–Crippen LogP) is 1.92. The number of hydrogen-bond donors (Lipinski definition) is 0. The van der Waals surface area contributed by atoms with E-state index in [1.54, 1.807) is 0 Å². The number of benzene rings is 1. The van der Waals surface area contributed by atoms with Gasteiger partial charge in [0.25, 0.3) is 0 Å². The van der Waals surface area contributed by atoms with Gasteiger partial charge in [0, 0.05) is 26.4 Å². The number of hydrogen-bond acceptors (Lipinski definition) is 2. The molecule has 1 aromatic carbocycles. The van der Waals surface area contributed by atoms with Gasteiger partial charge in [0.15, 0.2) is 5.84 Å². The lowest BCUT2D eigenvalue weighted by molar-refractivity contribution is 0.620. The van der Waals surface area contributed by atoms with Crippen molar-refractivity contribution in [1.82, 2.24) is 4.90 Å². The summed E-state index contributed by atoms with van der Waals surface area (Å²) in [6.45, 7) is 5.42. The molecule has 3 heteroatoms. The van der Waals surface area contributed by atoms with Crippen molar-refractivity contribution >= 4 is 12.6 Å². The third-order valence-corrected chi connectivity index (χ3v) is 1.90. The van der Waals surface area contributed by atoms with Crippen LogP contribution >= 0.6 is 0 Å². The van der Waals surface area contributed by atoms with Gasteiger partial charge in [-0.3, -0.25) is 0 Å². The van der Waals surface area contributed by atoms with E-state index in [1.807, 2.05) is 31.1 Å². The third kappa shape index (κ3) is 2.42. The normalized spacial score (nSPS) is 11.2. The lowest BCUT2D eigenvalue weighted by Gasteiger charge is -2.14. The molecule has 0 saturated heterocycles. The molecule has 0 N–H and O–H groups in total. The number of rotatable bonds is 2. The smallest absolute Gasteiger partial charge is 0.157 e. The van der Waals surface area contributed by atoms with Gasteiger partial charge in [-0.1, -0.05) is 29.8 Å². The maximum atomic E-state index is 3.98. The highest BCUT2D eigenvalue weighted by Crippen LogP contribution is 2.06. The molecule has 0 saturated carbocycles. The molecule has 1 rings (SSSR count). The van der Waals surface area contributed by atoms with E-state index >= 15 is 0 Å². The highest BCUT2D eigenvalue weighted by atomic mass is 15.3. The second-order valence-electron chi connectivity index (χ2n) is 3.33. The molecule has 0 aromatic heterocycles. The lowest BCUT2D eigenvalue weighted by atomic mass is 10.1. The molecule has 14 heavy (non-hydrogen) atoms. The Bertz CT molecular complexity index is 336. The second-order valence-corrected chi connectivity index (χ2v) is 3.33. The second kappa shape index (κ2) is 4.56. The predicted molar refractivity (Wildman–Crippen MR) is 61.0 cm³/mol. The van der Waals surface area contributed by atoms with E-state index in [0.717, 1.165) is 11.4 Å². The van der Waals surface area contributed by atoms with Crippen molar-refractivity contribution in [2.45, 2.75) is 6.92 Å². The Morgan fingerprint density at radius 2 is 1.79 bits per heavy atom. The van der Waals surface area contributed by atoms with Crippen LogP contribution in [-0.2, 0) is 0 Å². The standard InChI is InChI=1S/C11H15N3/c1-9-5-7-10(8-6-9)11(13-12-2)14(3)4/h5-8H,2H2,1,3-4H3/b13-11-. The first-order valence-electron chi connectivity index (χ1n) is 4.43. The first-order valence-corrected chi connectivity index (χ1v) is 4.43. The van der Waals surface area contributed by atoms with Gasteiger partial charge in [0.2, 0.25) is 0 Å². The van der Waals surface area contributed by atoms with Crippen LogP contribution in [0.4, 0.5) is 0 Å². The van der Waals surface area contributed by atoms with Gasteiger partial charge in [-0.05, 0) is 6.92 Å². The fourth-order valence-electron chi connectivity index (χ4n) is 1.17. The molecule has 0 spiro atoms. The van der Waals surface area contributed by atoms with E-state index in [1.165, 1.54) is 5.56 Å². The zero-order chi connectivity index (χ0) is 10.6. The fraction of sp³-hybridized carbons (Fsp3) is 0.273. The maximum Gasteiger partial charge on any atom is 0.157 e. The van der Waals surface area contributed by atoms with Crippen LogP contribution in [0.1, 0.15) is 11.1 Å². The summed E-state index contributed by atoms with van der Waals surface area (Å²) in [6.07, 6.45) is 0. The lowest BCUT2D eigenvalue weighted by Crippen LogP contribution is -2.22. The van der Waals surface area contributed by atoms with E-state index in [-0.39, 0.29) is 0 Å². The van der Waals surface area contributed by atoms with Crippen LogP contribution in [0.25, 0.3) is 0 Å². The molecule has 0 bridgehead atoms. The fourth-order valence-corrected chi connectivity index (χ4v) is 1.17. The van der Waals surface area contributed by atoms with E-state index in [0.29, 0.717) is 0 Å². The average molecular weight is 189 g/mol. The summed E-state index contributed by atoms with van der Waals surface area (Å²) in [4.78, 5) is 1.92. The van der Waals surface area contributed by atoms with Crippen LogP contribution in [0, 0.1) is 6.92 Å². The van der Waals surface area contributed by atoms with Gasteiger partial charge in [0.1, 0.15) is 0 Å². The van der Waals surface area contributed by atoms with Crippen LogP contribution in [-0.4, -0.2) is 31.5 Å². The Balaban J connectivity index is 3.06. The molecule has 0 aliphatic heterocycles. The zero-order valence-corrected chi connectivity index (χ0v) is 8.86. The van der Waals surface area contributed by atoms with Crippen LogP contribution < -0.4 is 0 Å². The highest BCUT2D eigenvalue weighted by Gasteiger charge is 2.04. The van der Waals surface area contributed by atoms with E-state index in [4.69, 9.17) is 0 Å². The average Bonchev–Trinajstić information content (AvgIpc) is 2.15. The molecule has 3 nitrogen and oxygen atoms in total. The largest absolute Gasteiger partial charge is 0.361 e. The summed E-state index contributed by atoms with van der Waals surface area (Å²) in [7, 11) is 3.87. The van der Waals surface area contributed by atoms with Gasteiger partial charge in [-0.15, -0.1) is 5.10 Å². The van der Waals surface area contributed by atoms with E-state index < -0.39 is 0 Å². The van der Waals surface area contributed by atoms with Crippen molar-refractivity contribution < 1.29 is 0 Å². The SMILES string of the molecule is C=N/N=C(/c1ccc(C)cc1)N(C)C. The Morgan fingerprint density at radius 3 is 2.21 bits per heavy atom. The van der Waals surface area contributed by atoms with Crippen molar-refractivity contribution in [3.8, 4) is 0 Å². The van der Waals surface area contributed by atoms with E-state index in [2.05, 4.69) is 36.0 Å². The Hall–Kier alpha value is -1.64. The summed E-state index contributed by atoms with van der Waals surface area (Å²) in [5, 5.41) is 7.53. The van der Waals surface area contributed by atoms with Crippen molar-refractivity contribution in [1.29, 1.82) is 0 Å². The maximum absolute atomic E-state index is 3.98.